The van der Waals surface area contributed by atoms with Gasteiger partial charge in [0, 0.05) is 12.1 Å². The normalized spacial score (nSPS) is 10.9. The number of ether oxygens (including phenoxy) is 3. The summed E-state index contributed by atoms with van der Waals surface area (Å²) < 4.78 is 32.4. The summed E-state index contributed by atoms with van der Waals surface area (Å²) in [5.41, 5.74) is 1.17. The van der Waals surface area contributed by atoms with E-state index in [1.54, 1.807) is 18.2 Å². The molecule has 4 rings (SSSR count). The molecule has 2 aromatic heterocycles. The number of hydrogen-bond donors (Lipinski definition) is 1. The molecule has 0 bridgehead atoms. The van der Waals surface area contributed by atoms with Crippen LogP contribution in [0.25, 0.3) is 16.9 Å². The first-order valence-electron chi connectivity index (χ1n) is 9.34. The molecule has 0 radical (unpaired) electrons. The van der Waals surface area contributed by atoms with Gasteiger partial charge in [-0.05, 0) is 29.8 Å². The summed E-state index contributed by atoms with van der Waals surface area (Å²) in [6.07, 6.45) is 1.33. The Balaban J connectivity index is 1.83. The number of nitrogens with zero attached hydrogens (tertiary/aromatic N) is 4. The van der Waals surface area contributed by atoms with Gasteiger partial charge in [0.25, 0.3) is 5.78 Å². The van der Waals surface area contributed by atoms with Crippen molar-refractivity contribution in [1.82, 2.24) is 19.6 Å². The molecule has 0 atom stereocenters. The fourth-order valence-corrected chi connectivity index (χ4v) is 3.88. The van der Waals surface area contributed by atoms with Crippen molar-refractivity contribution in [2.75, 3.05) is 26.6 Å². The van der Waals surface area contributed by atoms with Crippen LogP contribution in [0.2, 0.25) is 10.2 Å². The number of aromatic nitrogens is 4. The molecule has 0 amide bonds. The van der Waals surface area contributed by atoms with Crippen LogP contribution in [-0.2, 0) is 6.54 Å². The maximum absolute atomic E-state index is 14.8. The Hall–Kier alpha value is -3.30. The van der Waals surface area contributed by atoms with Gasteiger partial charge in [-0.15, -0.1) is 0 Å². The van der Waals surface area contributed by atoms with Gasteiger partial charge in [-0.25, -0.2) is 4.39 Å². The van der Waals surface area contributed by atoms with E-state index in [9.17, 15) is 4.39 Å². The molecule has 4 aromatic rings. The number of benzene rings is 2. The fourth-order valence-electron chi connectivity index (χ4n) is 3.36. The molecule has 0 saturated heterocycles. The monoisotopic (exact) mass is 477 g/mol. The molecule has 0 aliphatic rings. The quantitative estimate of drug-likeness (QED) is 0.380. The largest absolute Gasteiger partial charge is 0.493 e. The second-order valence-corrected chi connectivity index (χ2v) is 7.35. The SMILES string of the molecule is COc1cc(CNc2c(-c3c(F)cccc3Cl)c(Cl)nc3ncnn23)cc(OC)c1OC. The number of nitrogens with one attached hydrogen (secondary N) is 1. The molecular formula is C21H18Cl2FN5O3. The van der Waals surface area contributed by atoms with Crippen molar-refractivity contribution in [2.45, 2.75) is 6.54 Å². The summed E-state index contributed by atoms with van der Waals surface area (Å²) in [5.74, 6) is 1.55. The predicted molar refractivity (Wildman–Crippen MR) is 120 cm³/mol. The lowest BCUT2D eigenvalue weighted by Gasteiger charge is -2.17. The van der Waals surface area contributed by atoms with Gasteiger partial charge in [-0.1, -0.05) is 29.3 Å². The van der Waals surface area contributed by atoms with Crippen LogP contribution in [0.4, 0.5) is 10.2 Å². The van der Waals surface area contributed by atoms with Gasteiger partial charge >= 0.3 is 0 Å². The summed E-state index contributed by atoms with van der Waals surface area (Å²) in [6.45, 7) is 0.283. The lowest BCUT2D eigenvalue weighted by molar-refractivity contribution is 0.324. The Morgan fingerprint density at radius 2 is 1.75 bits per heavy atom. The molecule has 0 saturated carbocycles. The molecular weight excluding hydrogens is 460 g/mol. The zero-order chi connectivity index (χ0) is 22.8. The van der Waals surface area contributed by atoms with Crippen LogP contribution in [-0.4, -0.2) is 40.9 Å². The molecule has 1 N–H and O–H groups in total. The Labute approximate surface area is 192 Å². The highest BCUT2D eigenvalue weighted by molar-refractivity contribution is 6.36. The molecule has 8 nitrogen and oxygen atoms in total. The van der Waals surface area contributed by atoms with Crippen LogP contribution in [0, 0.1) is 5.82 Å². The number of anilines is 1. The maximum atomic E-state index is 14.8. The predicted octanol–water partition coefficient (Wildman–Crippen LogP) is 4.88. The lowest BCUT2D eigenvalue weighted by Crippen LogP contribution is -2.10. The minimum atomic E-state index is -0.545. The molecule has 11 heteroatoms. The molecule has 0 spiro atoms. The first-order chi connectivity index (χ1) is 15.5. The smallest absolute Gasteiger partial charge is 0.255 e. The first-order valence-corrected chi connectivity index (χ1v) is 10.1. The van der Waals surface area contributed by atoms with Crippen molar-refractivity contribution in [3.05, 3.63) is 58.2 Å². The molecule has 2 aromatic carbocycles. The van der Waals surface area contributed by atoms with Crippen LogP contribution in [0.15, 0.2) is 36.7 Å². The number of rotatable bonds is 7. The highest BCUT2D eigenvalue weighted by atomic mass is 35.5. The average molecular weight is 478 g/mol. The van der Waals surface area contributed by atoms with Gasteiger partial charge in [-0.3, -0.25) is 0 Å². The molecule has 166 valence electrons. The minimum absolute atomic E-state index is 0.0323. The summed E-state index contributed by atoms with van der Waals surface area (Å²) in [7, 11) is 4.60. The van der Waals surface area contributed by atoms with E-state index in [0.29, 0.717) is 23.1 Å². The number of hydrogen-bond acceptors (Lipinski definition) is 7. The topological polar surface area (TPSA) is 82.8 Å². The zero-order valence-corrected chi connectivity index (χ0v) is 18.8. The van der Waals surface area contributed by atoms with E-state index >= 15 is 0 Å². The van der Waals surface area contributed by atoms with Crippen LogP contribution in [0.3, 0.4) is 0 Å². The maximum Gasteiger partial charge on any atom is 0.255 e. The van der Waals surface area contributed by atoms with Gasteiger partial charge < -0.3 is 19.5 Å². The Morgan fingerprint density at radius 3 is 2.38 bits per heavy atom. The fraction of sp³-hybridized carbons (Fsp3) is 0.190. The summed E-state index contributed by atoms with van der Waals surface area (Å²) in [5, 5.41) is 7.67. The molecule has 32 heavy (non-hydrogen) atoms. The number of halogens is 3. The molecule has 0 unspecified atom stereocenters. The third-order valence-electron chi connectivity index (χ3n) is 4.78. The highest BCUT2D eigenvalue weighted by Crippen LogP contribution is 2.41. The summed E-state index contributed by atoms with van der Waals surface area (Å²) in [6, 6.07) is 7.98. The van der Waals surface area contributed by atoms with Crippen molar-refractivity contribution in [3.8, 4) is 28.4 Å². The van der Waals surface area contributed by atoms with Crippen molar-refractivity contribution in [3.63, 3.8) is 0 Å². The van der Waals surface area contributed by atoms with Crippen molar-refractivity contribution < 1.29 is 18.6 Å². The Kier molecular flexibility index (Phi) is 6.20. The standard InChI is InChI=1S/C21H18Cl2FN5O3/c1-30-14-7-11(8-15(31-2)18(14)32-3)9-25-20-17(16-12(22)5-4-6-13(16)24)19(23)28-21-26-10-27-29(20)21/h4-8,10,25H,9H2,1-3H3. The van der Waals surface area contributed by atoms with Gasteiger partial charge in [0.15, 0.2) is 11.5 Å². The van der Waals surface area contributed by atoms with E-state index < -0.39 is 5.82 Å². The average Bonchev–Trinajstić information content (AvgIpc) is 3.25. The van der Waals surface area contributed by atoms with E-state index in [1.165, 1.54) is 44.3 Å². The second kappa shape index (κ2) is 9.05. The summed E-state index contributed by atoms with van der Waals surface area (Å²) in [4.78, 5) is 8.31. The number of methoxy groups -OCH3 is 3. The molecule has 2 heterocycles. The van der Waals surface area contributed by atoms with Gasteiger partial charge in [0.1, 0.15) is 23.1 Å². The third-order valence-corrected chi connectivity index (χ3v) is 5.37. The van der Waals surface area contributed by atoms with E-state index in [4.69, 9.17) is 37.4 Å². The molecule has 0 aliphatic heterocycles. The van der Waals surface area contributed by atoms with Crippen LogP contribution < -0.4 is 19.5 Å². The number of fused-ring (bicyclic) bond motifs is 1. The van der Waals surface area contributed by atoms with Crippen LogP contribution >= 0.6 is 23.2 Å². The Morgan fingerprint density at radius 1 is 1.03 bits per heavy atom. The van der Waals surface area contributed by atoms with Crippen molar-refractivity contribution >= 4 is 34.8 Å². The van der Waals surface area contributed by atoms with Crippen LogP contribution in [0.5, 0.6) is 17.2 Å². The minimum Gasteiger partial charge on any atom is -0.493 e. The first kappa shape index (κ1) is 21.9. The lowest BCUT2D eigenvalue weighted by atomic mass is 10.1. The van der Waals surface area contributed by atoms with Crippen molar-refractivity contribution in [1.29, 1.82) is 0 Å². The third kappa shape index (κ3) is 3.85. The second-order valence-electron chi connectivity index (χ2n) is 6.58. The Bertz CT molecular complexity index is 1250. The van der Waals surface area contributed by atoms with E-state index in [1.807, 2.05) is 0 Å². The van der Waals surface area contributed by atoms with E-state index in [0.717, 1.165) is 5.56 Å². The van der Waals surface area contributed by atoms with Crippen LogP contribution in [0.1, 0.15) is 5.56 Å². The highest BCUT2D eigenvalue weighted by Gasteiger charge is 2.23. The van der Waals surface area contributed by atoms with Gasteiger partial charge in [0.05, 0.1) is 31.9 Å². The van der Waals surface area contributed by atoms with E-state index in [2.05, 4.69) is 20.4 Å². The zero-order valence-electron chi connectivity index (χ0n) is 17.3. The molecule has 0 fully saturated rings. The van der Waals surface area contributed by atoms with E-state index in [-0.39, 0.29) is 33.6 Å². The van der Waals surface area contributed by atoms with Crippen molar-refractivity contribution in [2.24, 2.45) is 0 Å². The van der Waals surface area contributed by atoms with Gasteiger partial charge in [-0.2, -0.15) is 19.6 Å². The van der Waals surface area contributed by atoms with Gasteiger partial charge in [0.2, 0.25) is 5.75 Å². The molecule has 0 aliphatic carbocycles. The summed E-state index contributed by atoms with van der Waals surface area (Å²) >= 11 is 12.8.